The van der Waals surface area contributed by atoms with Gasteiger partial charge in [-0.1, -0.05) is 0 Å². The van der Waals surface area contributed by atoms with E-state index in [1.807, 2.05) is 0 Å². The summed E-state index contributed by atoms with van der Waals surface area (Å²) in [4.78, 5) is 60.5. The van der Waals surface area contributed by atoms with E-state index in [0.29, 0.717) is 0 Å². The largest absolute Gasteiger partial charge is 0.479 e. The zero-order valence-corrected chi connectivity index (χ0v) is 13.7. The molecule has 24 heavy (non-hydrogen) atoms. The number of carbonyl (C=O) groups is 5. The molecule has 0 aliphatic rings. The van der Waals surface area contributed by atoms with E-state index in [1.54, 1.807) is 0 Å². The molecule has 1 atom stereocenters. The molecule has 0 heterocycles. The van der Waals surface area contributed by atoms with E-state index in [1.165, 1.54) is 20.8 Å². The van der Waals surface area contributed by atoms with Gasteiger partial charge in [-0.25, -0.2) is 14.5 Å². The fraction of sp³-hybridized carbons (Fsp3) is 0.615. The van der Waals surface area contributed by atoms with Gasteiger partial charge >= 0.3 is 17.5 Å². The van der Waals surface area contributed by atoms with E-state index in [2.05, 4.69) is 0 Å². The van der Waals surface area contributed by atoms with Crippen molar-refractivity contribution in [1.82, 2.24) is 4.90 Å². The van der Waals surface area contributed by atoms with E-state index in [-0.39, 0.29) is 4.90 Å². The fourth-order valence-electron chi connectivity index (χ4n) is 1.83. The number of Topliss-reactive ketones (excluding diaryl/α,β-unsaturated/α-hetero) is 1. The highest BCUT2D eigenvalue weighted by atomic mass is 16.6. The molecule has 0 aliphatic heterocycles. The summed E-state index contributed by atoms with van der Waals surface area (Å²) >= 11 is 0. The van der Waals surface area contributed by atoms with Gasteiger partial charge in [0.25, 0.3) is 0 Å². The summed E-state index contributed by atoms with van der Waals surface area (Å²) in [7, 11) is 0. The van der Waals surface area contributed by atoms with Crippen LogP contribution in [0.1, 0.15) is 20.8 Å². The first kappa shape index (κ1) is 21.6. The highest BCUT2D eigenvalue weighted by molar-refractivity contribution is 6.29. The number of rotatable bonds is 7. The Morgan fingerprint density at radius 2 is 1.33 bits per heavy atom. The highest BCUT2D eigenvalue weighted by Gasteiger charge is 2.62. The van der Waals surface area contributed by atoms with Crippen molar-refractivity contribution in [2.24, 2.45) is 17.2 Å². The summed E-state index contributed by atoms with van der Waals surface area (Å²) in [5.41, 5.74) is 11.0. The molecule has 0 aliphatic carbocycles. The summed E-state index contributed by atoms with van der Waals surface area (Å²) in [6.45, 7) is 1.58. The SMILES string of the molecule is CC(C)(C)OC(=O)C(C(=O)O)(C(=O)CN)N(C(=O)CN)C(=O)CN. The smallest absolute Gasteiger partial charge is 0.353 e. The third kappa shape index (κ3) is 4.13. The van der Waals surface area contributed by atoms with Crippen LogP contribution in [0.15, 0.2) is 0 Å². The first-order chi connectivity index (χ1) is 10.9. The maximum Gasteiger partial charge on any atom is 0.353 e. The number of carboxylic acids is 1. The number of aliphatic carboxylic acids is 1. The predicted molar refractivity (Wildman–Crippen MR) is 80.2 cm³/mol. The van der Waals surface area contributed by atoms with Gasteiger partial charge in [-0.05, 0) is 20.8 Å². The van der Waals surface area contributed by atoms with Crippen molar-refractivity contribution in [2.45, 2.75) is 31.9 Å². The molecular formula is C13H22N4O7. The molecule has 0 rings (SSSR count). The number of carbonyl (C=O) groups excluding carboxylic acids is 4. The van der Waals surface area contributed by atoms with Crippen LogP contribution in [-0.2, 0) is 28.7 Å². The molecule has 11 nitrogen and oxygen atoms in total. The first-order valence-electron chi connectivity index (χ1n) is 6.86. The molecule has 0 spiro atoms. The van der Waals surface area contributed by atoms with E-state index in [0.717, 1.165) is 0 Å². The first-order valence-corrected chi connectivity index (χ1v) is 6.86. The quantitative estimate of drug-likeness (QED) is 0.271. The third-order valence-corrected chi connectivity index (χ3v) is 2.78. The van der Waals surface area contributed by atoms with Crippen LogP contribution in [0.4, 0.5) is 0 Å². The maximum atomic E-state index is 12.5. The Morgan fingerprint density at radius 1 is 0.917 bits per heavy atom. The summed E-state index contributed by atoms with van der Waals surface area (Å²) < 4.78 is 4.93. The topological polar surface area (TPSA) is 196 Å². The molecule has 0 saturated heterocycles. The Labute approximate surface area is 138 Å². The number of ketones is 1. The summed E-state index contributed by atoms with van der Waals surface area (Å²) in [6.07, 6.45) is 0. The van der Waals surface area contributed by atoms with Crippen LogP contribution in [0.25, 0.3) is 0 Å². The van der Waals surface area contributed by atoms with Gasteiger partial charge in [0, 0.05) is 0 Å². The van der Waals surface area contributed by atoms with Crippen LogP contribution in [0.3, 0.4) is 0 Å². The van der Waals surface area contributed by atoms with Crippen molar-refractivity contribution >= 4 is 29.5 Å². The van der Waals surface area contributed by atoms with Crippen molar-refractivity contribution in [3.8, 4) is 0 Å². The van der Waals surface area contributed by atoms with Gasteiger partial charge in [0.15, 0.2) is 5.78 Å². The molecule has 0 saturated carbocycles. The van der Waals surface area contributed by atoms with E-state index >= 15 is 0 Å². The fourth-order valence-corrected chi connectivity index (χ4v) is 1.83. The van der Waals surface area contributed by atoms with Gasteiger partial charge in [-0.3, -0.25) is 14.4 Å². The number of ether oxygens (including phenoxy) is 1. The van der Waals surface area contributed by atoms with Gasteiger partial charge in [0.2, 0.25) is 11.8 Å². The van der Waals surface area contributed by atoms with Crippen molar-refractivity contribution in [2.75, 3.05) is 19.6 Å². The average Bonchev–Trinajstić information content (AvgIpc) is 2.47. The van der Waals surface area contributed by atoms with Crippen LogP contribution >= 0.6 is 0 Å². The Kier molecular flexibility index (Phi) is 7.16. The van der Waals surface area contributed by atoms with Crippen LogP contribution in [0, 0.1) is 0 Å². The van der Waals surface area contributed by atoms with E-state index in [4.69, 9.17) is 21.9 Å². The molecule has 136 valence electrons. The zero-order valence-electron chi connectivity index (χ0n) is 13.7. The zero-order chi connectivity index (χ0) is 19.3. The summed E-state index contributed by atoms with van der Waals surface area (Å²) in [5.74, 6) is -7.74. The molecule has 0 aromatic heterocycles. The standard InChI is InChI=1S/C13H22N4O7/c1-12(2,3)24-11(23)13(10(21)22,7(18)4-14)17(8(19)5-15)9(20)6-16/h4-6,14-16H2,1-3H3,(H,21,22). The average molecular weight is 346 g/mol. The van der Waals surface area contributed by atoms with Crippen molar-refractivity contribution in [3.05, 3.63) is 0 Å². The van der Waals surface area contributed by atoms with Gasteiger partial charge in [0.1, 0.15) is 5.60 Å². The lowest BCUT2D eigenvalue weighted by atomic mass is 9.90. The van der Waals surface area contributed by atoms with E-state index < -0.39 is 60.3 Å². The second kappa shape index (κ2) is 7.95. The number of amides is 2. The lowest BCUT2D eigenvalue weighted by Crippen LogP contribution is -2.71. The Morgan fingerprint density at radius 3 is 1.58 bits per heavy atom. The third-order valence-electron chi connectivity index (χ3n) is 2.78. The summed E-state index contributed by atoms with van der Waals surface area (Å²) in [5, 5.41) is 9.55. The molecule has 0 aromatic rings. The normalized spacial score (nSPS) is 13.6. The Bertz CT molecular complexity index is 539. The highest BCUT2D eigenvalue weighted by Crippen LogP contribution is 2.24. The van der Waals surface area contributed by atoms with Crippen molar-refractivity contribution in [1.29, 1.82) is 0 Å². The maximum absolute atomic E-state index is 12.5. The molecular weight excluding hydrogens is 324 g/mol. The minimum atomic E-state index is -3.30. The minimum absolute atomic E-state index is 0.0847. The van der Waals surface area contributed by atoms with E-state index in [9.17, 15) is 29.1 Å². The molecule has 11 heteroatoms. The van der Waals surface area contributed by atoms with Gasteiger partial charge in [0.05, 0.1) is 19.6 Å². The molecule has 0 radical (unpaired) electrons. The second-order valence-electron chi connectivity index (χ2n) is 5.68. The number of nitrogens with two attached hydrogens (primary N) is 3. The second-order valence-corrected chi connectivity index (χ2v) is 5.68. The molecule has 7 N–H and O–H groups in total. The van der Waals surface area contributed by atoms with Crippen LogP contribution in [0.5, 0.6) is 0 Å². The van der Waals surface area contributed by atoms with Crippen molar-refractivity contribution < 1.29 is 33.8 Å². The van der Waals surface area contributed by atoms with Gasteiger partial charge in [-0.2, -0.15) is 0 Å². The molecule has 2 amide bonds. The molecule has 0 bridgehead atoms. The molecule has 0 fully saturated rings. The van der Waals surface area contributed by atoms with Crippen LogP contribution < -0.4 is 17.2 Å². The lowest BCUT2D eigenvalue weighted by molar-refractivity contribution is -0.187. The van der Waals surface area contributed by atoms with Gasteiger partial charge < -0.3 is 27.0 Å². The lowest BCUT2D eigenvalue weighted by Gasteiger charge is -2.37. The van der Waals surface area contributed by atoms with Crippen molar-refractivity contribution in [3.63, 3.8) is 0 Å². The van der Waals surface area contributed by atoms with Gasteiger partial charge in [-0.15, -0.1) is 0 Å². The number of imide groups is 1. The number of esters is 1. The number of carboxylic acid groups (broad SMARTS) is 1. The van der Waals surface area contributed by atoms with Crippen LogP contribution in [-0.4, -0.2) is 70.3 Å². The van der Waals surface area contributed by atoms with Crippen LogP contribution in [0.2, 0.25) is 0 Å². The monoisotopic (exact) mass is 346 g/mol. The molecule has 1 unspecified atom stereocenters. The predicted octanol–water partition coefficient (Wildman–Crippen LogP) is -3.05. The number of hydrogen-bond acceptors (Lipinski definition) is 9. The minimum Gasteiger partial charge on any atom is -0.479 e. The summed E-state index contributed by atoms with van der Waals surface area (Å²) in [6, 6.07) is 0. The number of hydrogen-bond donors (Lipinski definition) is 4. The Balaban J connectivity index is 6.61. The molecule has 0 aromatic carbocycles. The number of nitrogens with zero attached hydrogens (tertiary/aromatic N) is 1. The Hall–Kier alpha value is -2.37.